The second-order valence-corrected chi connectivity index (χ2v) is 5.25. The monoisotopic (exact) mass is 505 g/mol. The van der Waals surface area contributed by atoms with Crippen molar-refractivity contribution in [2.24, 2.45) is 4.99 Å². The van der Waals surface area contributed by atoms with Gasteiger partial charge in [-0.1, -0.05) is 0 Å². The number of nitrogens with zero attached hydrogens (tertiary/aromatic N) is 1. The van der Waals surface area contributed by atoms with Gasteiger partial charge in [-0.3, -0.25) is 0 Å². The van der Waals surface area contributed by atoms with Gasteiger partial charge in [0.15, 0.2) is 17.5 Å². The van der Waals surface area contributed by atoms with E-state index in [1.165, 1.54) is 14.2 Å². The Kier molecular flexibility index (Phi) is 12.0. The van der Waals surface area contributed by atoms with Crippen molar-refractivity contribution in [1.29, 1.82) is 0 Å². The SMILES string of the molecule is CCNC(=NCc1cc(OC)c(OCC)c(OC)c1)NCCC(F)(F)F.I. The molecular weight excluding hydrogens is 478 g/mol. The third-order valence-corrected chi connectivity index (χ3v) is 3.27. The molecule has 0 atom stereocenters. The van der Waals surface area contributed by atoms with Crippen molar-refractivity contribution in [2.75, 3.05) is 33.9 Å². The molecule has 2 N–H and O–H groups in total. The Bertz CT molecular complexity index is 574. The molecule has 27 heavy (non-hydrogen) atoms. The Morgan fingerprint density at radius 3 is 2.11 bits per heavy atom. The molecule has 1 aromatic carbocycles. The highest BCUT2D eigenvalue weighted by atomic mass is 127. The summed E-state index contributed by atoms with van der Waals surface area (Å²) in [4.78, 5) is 4.30. The molecule has 0 radical (unpaired) electrons. The molecule has 156 valence electrons. The lowest BCUT2D eigenvalue weighted by Gasteiger charge is -2.15. The largest absolute Gasteiger partial charge is 0.493 e. The molecule has 0 fully saturated rings. The number of nitrogens with one attached hydrogen (secondary N) is 2. The molecular formula is C17H27F3IN3O3. The quantitative estimate of drug-likeness (QED) is 0.305. The second-order valence-electron chi connectivity index (χ2n) is 5.25. The van der Waals surface area contributed by atoms with Gasteiger partial charge in [0.2, 0.25) is 5.75 Å². The lowest BCUT2D eigenvalue weighted by Crippen LogP contribution is -2.38. The fraction of sp³-hybridized carbons (Fsp3) is 0.588. The first-order valence-electron chi connectivity index (χ1n) is 8.31. The van der Waals surface area contributed by atoms with Gasteiger partial charge in [0.1, 0.15) is 0 Å². The molecule has 0 aliphatic heterocycles. The number of ether oxygens (including phenoxy) is 3. The summed E-state index contributed by atoms with van der Waals surface area (Å²) in [5.41, 5.74) is 0.773. The van der Waals surface area contributed by atoms with Crippen LogP contribution in [0.1, 0.15) is 25.8 Å². The number of alkyl halides is 3. The van der Waals surface area contributed by atoms with E-state index in [9.17, 15) is 13.2 Å². The Morgan fingerprint density at radius 1 is 1.07 bits per heavy atom. The highest BCUT2D eigenvalue weighted by Crippen LogP contribution is 2.38. The van der Waals surface area contributed by atoms with Crippen molar-refractivity contribution in [3.8, 4) is 17.2 Å². The molecule has 0 saturated carbocycles. The van der Waals surface area contributed by atoms with Gasteiger partial charge in [-0.25, -0.2) is 4.99 Å². The van der Waals surface area contributed by atoms with Crippen molar-refractivity contribution in [1.82, 2.24) is 10.6 Å². The minimum absolute atomic E-state index is 0. The minimum Gasteiger partial charge on any atom is -0.493 e. The third kappa shape index (κ3) is 9.25. The fourth-order valence-electron chi connectivity index (χ4n) is 2.15. The summed E-state index contributed by atoms with van der Waals surface area (Å²) in [5, 5.41) is 5.58. The van der Waals surface area contributed by atoms with Gasteiger partial charge in [-0.2, -0.15) is 13.2 Å². The summed E-state index contributed by atoms with van der Waals surface area (Å²) >= 11 is 0. The van der Waals surface area contributed by atoms with Crippen molar-refractivity contribution < 1.29 is 27.4 Å². The maximum atomic E-state index is 12.3. The van der Waals surface area contributed by atoms with Crippen LogP contribution in [0.2, 0.25) is 0 Å². The summed E-state index contributed by atoms with van der Waals surface area (Å²) in [6.07, 6.45) is -5.14. The van der Waals surface area contributed by atoms with Crippen LogP contribution in [0.5, 0.6) is 17.2 Å². The molecule has 0 bridgehead atoms. The van der Waals surface area contributed by atoms with Gasteiger partial charge in [0.25, 0.3) is 0 Å². The number of benzene rings is 1. The minimum atomic E-state index is -4.21. The van der Waals surface area contributed by atoms with Crippen LogP contribution in [0.25, 0.3) is 0 Å². The molecule has 0 saturated heterocycles. The first-order chi connectivity index (χ1) is 12.3. The number of hydrogen-bond donors (Lipinski definition) is 2. The van der Waals surface area contributed by atoms with E-state index in [1.807, 2.05) is 13.8 Å². The van der Waals surface area contributed by atoms with E-state index in [1.54, 1.807) is 12.1 Å². The number of methoxy groups -OCH3 is 2. The third-order valence-electron chi connectivity index (χ3n) is 3.27. The van der Waals surface area contributed by atoms with Gasteiger partial charge >= 0.3 is 6.18 Å². The van der Waals surface area contributed by atoms with Crippen LogP contribution in [-0.4, -0.2) is 46.1 Å². The van der Waals surface area contributed by atoms with Crippen LogP contribution < -0.4 is 24.8 Å². The molecule has 1 rings (SSSR count). The second kappa shape index (κ2) is 12.7. The molecule has 0 aliphatic rings. The maximum Gasteiger partial charge on any atom is 0.390 e. The lowest BCUT2D eigenvalue weighted by molar-refractivity contribution is -0.132. The zero-order valence-corrected chi connectivity index (χ0v) is 18.2. The standard InChI is InChI=1S/C17H26F3N3O3.HI/c1-5-21-16(22-8-7-17(18,19)20)23-11-12-9-13(24-3)15(26-6-2)14(10-12)25-4;/h9-10H,5-8,11H2,1-4H3,(H2,21,22,23);1H. The molecule has 0 spiro atoms. The van der Waals surface area contributed by atoms with Crippen LogP contribution in [-0.2, 0) is 6.54 Å². The summed E-state index contributed by atoms with van der Waals surface area (Å²) < 4.78 is 53.0. The zero-order chi connectivity index (χ0) is 19.6. The number of hydrogen-bond acceptors (Lipinski definition) is 4. The maximum absolute atomic E-state index is 12.3. The van der Waals surface area contributed by atoms with Crippen LogP contribution in [0.15, 0.2) is 17.1 Å². The van der Waals surface area contributed by atoms with Crippen LogP contribution >= 0.6 is 24.0 Å². The van der Waals surface area contributed by atoms with E-state index in [4.69, 9.17) is 14.2 Å². The van der Waals surface area contributed by atoms with Crippen LogP contribution in [0, 0.1) is 0 Å². The van der Waals surface area contributed by atoms with E-state index in [-0.39, 0.29) is 37.1 Å². The predicted octanol–water partition coefficient (Wildman–Crippen LogP) is 3.73. The van der Waals surface area contributed by atoms with Gasteiger partial charge in [-0.15, -0.1) is 24.0 Å². The molecule has 0 aliphatic carbocycles. The molecule has 0 aromatic heterocycles. The van der Waals surface area contributed by atoms with E-state index in [2.05, 4.69) is 15.6 Å². The Balaban J connectivity index is 0.00000676. The van der Waals surface area contributed by atoms with E-state index < -0.39 is 12.6 Å². The average Bonchev–Trinajstić information content (AvgIpc) is 2.59. The summed E-state index contributed by atoms with van der Waals surface area (Å²) in [7, 11) is 3.04. The van der Waals surface area contributed by atoms with Gasteiger partial charge in [0.05, 0.1) is 33.8 Å². The highest BCUT2D eigenvalue weighted by molar-refractivity contribution is 14.0. The zero-order valence-electron chi connectivity index (χ0n) is 15.9. The Morgan fingerprint density at radius 2 is 1.67 bits per heavy atom. The molecule has 1 aromatic rings. The predicted molar refractivity (Wildman–Crippen MR) is 110 cm³/mol. The molecule has 0 unspecified atom stereocenters. The van der Waals surface area contributed by atoms with Crippen molar-refractivity contribution in [3.05, 3.63) is 17.7 Å². The highest BCUT2D eigenvalue weighted by Gasteiger charge is 2.26. The summed E-state index contributed by atoms with van der Waals surface area (Å²) in [5.74, 6) is 1.82. The molecule has 0 heterocycles. The van der Waals surface area contributed by atoms with E-state index >= 15 is 0 Å². The summed E-state index contributed by atoms with van der Waals surface area (Å²) in [6.45, 7) is 4.67. The van der Waals surface area contributed by atoms with Crippen LogP contribution in [0.3, 0.4) is 0 Å². The fourth-order valence-corrected chi connectivity index (χ4v) is 2.15. The van der Waals surface area contributed by atoms with Crippen molar-refractivity contribution >= 4 is 29.9 Å². The first-order valence-corrected chi connectivity index (χ1v) is 8.31. The smallest absolute Gasteiger partial charge is 0.390 e. The van der Waals surface area contributed by atoms with E-state index in [0.717, 1.165) is 5.56 Å². The van der Waals surface area contributed by atoms with E-state index in [0.29, 0.717) is 36.4 Å². The Labute approximate surface area is 174 Å². The lowest BCUT2D eigenvalue weighted by atomic mass is 10.2. The first kappa shape index (κ1) is 25.4. The molecule has 6 nitrogen and oxygen atoms in total. The number of rotatable bonds is 9. The van der Waals surface area contributed by atoms with Crippen molar-refractivity contribution in [2.45, 2.75) is 33.0 Å². The average molecular weight is 505 g/mol. The topological polar surface area (TPSA) is 64.1 Å². The van der Waals surface area contributed by atoms with Gasteiger partial charge < -0.3 is 24.8 Å². The number of halogens is 4. The van der Waals surface area contributed by atoms with Gasteiger partial charge in [0, 0.05) is 13.1 Å². The summed E-state index contributed by atoms with van der Waals surface area (Å²) in [6, 6.07) is 3.52. The normalized spacial score (nSPS) is 11.4. The van der Waals surface area contributed by atoms with Crippen molar-refractivity contribution in [3.63, 3.8) is 0 Å². The Hall–Kier alpha value is -1.59. The van der Waals surface area contributed by atoms with Gasteiger partial charge in [-0.05, 0) is 31.5 Å². The number of aliphatic imine (C=N–C) groups is 1. The number of guanidine groups is 1. The molecule has 10 heteroatoms. The molecule has 0 amide bonds. The van der Waals surface area contributed by atoms with Crippen LogP contribution in [0.4, 0.5) is 13.2 Å².